The van der Waals surface area contributed by atoms with Gasteiger partial charge in [-0.3, -0.25) is 0 Å². The van der Waals surface area contributed by atoms with Gasteiger partial charge in [0, 0.05) is 42.1 Å². The minimum atomic E-state index is -0.288. The number of rotatable bonds is 19. The number of hydrogen-bond acceptors (Lipinski definition) is 6. The maximum Gasteiger partial charge on any atom is 0.117 e. The summed E-state index contributed by atoms with van der Waals surface area (Å²) in [5.41, 5.74) is 3.56. The lowest BCUT2D eigenvalue weighted by molar-refractivity contribution is -0.268. The van der Waals surface area contributed by atoms with Crippen LogP contribution in [0.25, 0.3) is 21.2 Å². The van der Waals surface area contributed by atoms with Crippen LogP contribution in [0.15, 0.2) is 53.9 Å². The highest BCUT2D eigenvalue weighted by atomic mass is 32.1. The summed E-state index contributed by atoms with van der Waals surface area (Å²) in [5, 5.41) is 3.55. The van der Waals surface area contributed by atoms with Crippen molar-refractivity contribution >= 4 is 21.4 Å². The topological polar surface area (TPSA) is 46.2 Å². The van der Waals surface area contributed by atoms with E-state index in [0.29, 0.717) is 26.4 Å². The Balaban J connectivity index is 1.70. The minimum Gasteiger partial charge on any atom is -0.379 e. The molecule has 0 unspecified atom stereocenters. The van der Waals surface area contributed by atoms with Gasteiger partial charge in [-0.2, -0.15) is 0 Å². The molecule has 1 aliphatic heterocycles. The molecule has 2 aromatic carbocycles. The van der Waals surface area contributed by atoms with Crippen LogP contribution in [-0.4, -0.2) is 57.5 Å². The molecule has 42 heavy (non-hydrogen) atoms. The Morgan fingerprint density at radius 1 is 0.690 bits per heavy atom. The fourth-order valence-electron chi connectivity index (χ4n) is 5.51. The van der Waals surface area contributed by atoms with Crippen molar-refractivity contribution in [2.75, 3.05) is 33.0 Å². The third-order valence-electron chi connectivity index (χ3n) is 7.99. The van der Waals surface area contributed by atoms with Gasteiger partial charge in [0.05, 0.1) is 6.61 Å². The molecule has 3 aromatic rings. The maximum atomic E-state index is 6.98. The second kappa shape index (κ2) is 18.1. The molecule has 0 saturated carbocycles. The summed E-state index contributed by atoms with van der Waals surface area (Å²) in [6, 6.07) is 17.4. The molecular weight excluding hydrogens is 544 g/mol. The van der Waals surface area contributed by atoms with Gasteiger partial charge < -0.3 is 23.7 Å². The van der Waals surface area contributed by atoms with Crippen molar-refractivity contribution in [2.45, 2.75) is 110 Å². The van der Waals surface area contributed by atoms with Crippen molar-refractivity contribution in [3.8, 4) is 11.1 Å². The van der Waals surface area contributed by atoms with E-state index in [4.69, 9.17) is 23.7 Å². The monoisotopic (exact) mass is 596 g/mol. The van der Waals surface area contributed by atoms with Gasteiger partial charge in [0.25, 0.3) is 0 Å². The molecule has 0 amide bonds. The fraction of sp³-hybridized carbons (Fsp3) is 0.611. The van der Waals surface area contributed by atoms with Gasteiger partial charge in [0.15, 0.2) is 0 Å². The van der Waals surface area contributed by atoms with Crippen molar-refractivity contribution in [1.29, 1.82) is 0 Å². The highest BCUT2D eigenvalue weighted by Crippen LogP contribution is 2.40. The molecule has 5 nitrogen and oxygen atoms in total. The Kier molecular flexibility index (Phi) is 14.3. The maximum absolute atomic E-state index is 6.98. The zero-order valence-corrected chi connectivity index (χ0v) is 27.0. The summed E-state index contributed by atoms with van der Waals surface area (Å²) in [7, 11) is 0. The third-order valence-corrected chi connectivity index (χ3v) is 8.95. The van der Waals surface area contributed by atoms with Crippen LogP contribution in [0.4, 0.5) is 0 Å². The number of unbranched alkanes of at least 4 members (excludes halogenated alkanes) is 4. The Hall–Kier alpha value is -1.80. The molecule has 1 saturated heterocycles. The lowest BCUT2D eigenvalue weighted by Gasteiger charge is -2.46. The molecular formula is C36H52O5S. The van der Waals surface area contributed by atoms with Gasteiger partial charge in [-0.05, 0) is 54.3 Å². The van der Waals surface area contributed by atoms with Crippen LogP contribution < -0.4 is 0 Å². The minimum absolute atomic E-state index is 0.241. The molecule has 1 fully saturated rings. The molecule has 0 radical (unpaired) electrons. The summed E-state index contributed by atoms with van der Waals surface area (Å²) < 4.78 is 34.4. The van der Waals surface area contributed by atoms with Crippen LogP contribution in [0, 0.1) is 0 Å². The average Bonchev–Trinajstić information content (AvgIpc) is 3.45. The standard InChI is InChI=1S/C36H52O5S/c1-5-9-20-37-25-31-34(38-21-10-6-2)36(40-23-12-8-4)35(39-22-11-7-3)33(41-31)28-17-15-16-27(24-28)30-26-42-32-19-14-13-18-29(30)32/h13-19,24,26,31,33-36H,5-12,20-23,25H2,1-4H3/t31-,33+,34-,35+,36+/m1/s1. The SMILES string of the molecule is CCCCOC[C@H]1O[C@@H](c2cccc(-c3csc4ccccc34)c2)[C@H](OCCCC)[C@@H](OCCCC)[C@@H]1OCCCC. The zero-order chi connectivity index (χ0) is 29.6. The number of benzene rings is 2. The predicted octanol–water partition coefficient (Wildman–Crippen LogP) is 9.38. The molecule has 0 spiro atoms. The van der Waals surface area contributed by atoms with Crippen LogP contribution in [0.5, 0.6) is 0 Å². The summed E-state index contributed by atoms with van der Waals surface area (Å²) in [4.78, 5) is 0. The van der Waals surface area contributed by atoms with E-state index < -0.39 is 0 Å². The van der Waals surface area contributed by atoms with Gasteiger partial charge >= 0.3 is 0 Å². The highest BCUT2D eigenvalue weighted by molar-refractivity contribution is 7.17. The molecule has 0 N–H and O–H groups in total. The summed E-state index contributed by atoms with van der Waals surface area (Å²) in [5.74, 6) is 0. The Morgan fingerprint density at radius 2 is 1.33 bits per heavy atom. The Labute approximate surface area is 257 Å². The number of thiophene rings is 1. The average molecular weight is 597 g/mol. The first-order valence-corrected chi connectivity index (χ1v) is 17.2. The molecule has 0 bridgehead atoms. The lowest BCUT2D eigenvalue weighted by Crippen LogP contribution is -2.58. The second-order valence-electron chi connectivity index (χ2n) is 11.4. The highest BCUT2D eigenvalue weighted by Gasteiger charge is 2.48. The molecule has 2 heterocycles. The van der Waals surface area contributed by atoms with E-state index in [9.17, 15) is 0 Å². The van der Waals surface area contributed by atoms with Gasteiger partial charge in [0.2, 0.25) is 0 Å². The normalized spacial score (nSPS) is 22.6. The van der Waals surface area contributed by atoms with Crippen molar-refractivity contribution < 1.29 is 23.7 Å². The third kappa shape index (κ3) is 8.87. The van der Waals surface area contributed by atoms with Crippen molar-refractivity contribution in [2.24, 2.45) is 0 Å². The van der Waals surface area contributed by atoms with E-state index in [2.05, 4.69) is 81.6 Å². The smallest absolute Gasteiger partial charge is 0.117 e. The number of hydrogen-bond donors (Lipinski definition) is 0. The van der Waals surface area contributed by atoms with E-state index >= 15 is 0 Å². The largest absolute Gasteiger partial charge is 0.379 e. The Bertz CT molecular complexity index is 1160. The molecule has 1 aromatic heterocycles. The lowest BCUT2D eigenvalue weighted by atomic mass is 9.89. The molecule has 4 rings (SSSR count). The second-order valence-corrected chi connectivity index (χ2v) is 12.3. The molecule has 1 aliphatic rings. The predicted molar refractivity (Wildman–Crippen MR) is 175 cm³/mol. The van der Waals surface area contributed by atoms with Gasteiger partial charge in [0.1, 0.15) is 30.5 Å². The van der Waals surface area contributed by atoms with E-state index in [-0.39, 0.29) is 30.5 Å². The van der Waals surface area contributed by atoms with Crippen LogP contribution in [0.3, 0.4) is 0 Å². The van der Waals surface area contributed by atoms with Gasteiger partial charge in [-0.15, -0.1) is 11.3 Å². The molecule has 232 valence electrons. The van der Waals surface area contributed by atoms with E-state index in [0.717, 1.165) is 63.5 Å². The fourth-order valence-corrected chi connectivity index (χ4v) is 6.48. The van der Waals surface area contributed by atoms with E-state index in [1.54, 1.807) is 11.3 Å². The van der Waals surface area contributed by atoms with Gasteiger partial charge in [-0.1, -0.05) is 89.8 Å². The van der Waals surface area contributed by atoms with Crippen molar-refractivity contribution in [1.82, 2.24) is 0 Å². The zero-order valence-electron chi connectivity index (χ0n) is 26.2. The number of ether oxygens (including phenoxy) is 5. The number of fused-ring (bicyclic) bond motifs is 1. The van der Waals surface area contributed by atoms with Crippen LogP contribution in [0.1, 0.15) is 90.7 Å². The van der Waals surface area contributed by atoms with E-state index in [1.807, 2.05) is 0 Å². The quantitative estimate of drug-likeness (QED) is 0.129. The van der Waals surface area contributed by atoms with Crippen LogP contribution in [-0.2, 0) is 23.7 Å². The first-order chi connectivity index (χ1) is 20.7. The first-order valence-electron chi connectivity index (χ1n) is 16.4. The van der Waals surface area contributed by atoms with Crippen molar-refractivity contribution in [3.05, 3.63) is 59.5 Å². The summed E-state index contributed by atoms with van der Waals surface area (Å²) in [6.45, 7) is 12.0. The summed E-state index contributed by atoms with van der Waals surface area (Å²) in [6.07, 6.45) is 7.08. The molecule has 6 heteroatoms. The first kappa shape index (κ1) is 33.1. The summed E-state index contributed by atoms with van der Waals surface area (Å²) >= 11 is 1.79. The Morgan fingerprint density at radius 3 is 2.05 bits per heavy atom. The van der Waals surface area contributed by atoms with Crippen molar-refractivity contribution in [3.63, 3.8) is 0 Å². The van der Waals surface area contributed by atoms with Crippen LogP contribution >= 0.6 is 11.3 Å². The van der Waals surface area contributed by atoms with E-state index in [1.165, 1.54) is 21.2 Å². The van der Waals surface area contributed by atoms with Gasteiger partial charge in [-0.25, -0.2) is 0 Å². The van der Waals surface area contributed by atoms with Crippen LogP contribution in [0.2, 0.25) is 0 Å². The molecule has 5 atom stereocenters. The molecule has 0 aliphatic carbocycles.